The van der Waals surface area contributed by atoms with Gasteiger partial charge in [0, 0.05) is 12.5 Å². The molecule has 0 fully saturated rings. The fraction of sp³-hybridized carbons (Fsp3) is 0.467. The Morgan fingerprint density at radius 2 is 2.10 bits per heavy atom. The molecular weight excluding hydrogens is 290 g/mol. The maximum absolute atomic E-state index is 5.37. The van der Waals surface area contributed by atoms with E-state index in [-0.39, 0.29) is 18.3 Å². The molecule has 0 aliphatic rings. The molecule has 0 bridgehead atoms. The van der Waals surface area contributed by atoms with Crippen LogP contribution in [-0.2, 0) is 6.42 Å². The lowest BCUT2D eigenvalue weighted by Crippen LogP contribution is -2.24. The van der Waals surface area contributed by atoms with Gasteiger partial charge in [0.15, 0.2) is 5.82 Å². The Hall–Kier alpha value is -1.59. The van der Waals surface area contributed by atoms with Crippen molar-refractivity contribution in [3.8, 4) is 5.75 Å². The number of hydrogen-bond donors (Lipinski definition) is 1. The Balaban J connectivity index is 0.00000220. The first-order chi connectivity index (χ1) is 9.63. The lowest BCUT2D eigenvalue weighted by molar-refractivity contribution is 0.363. The molecule has 1 heterocycles. The topological polar surface area (TPSA) is 60.2 Å². The number of methoxy groups -OCH3 is 1. The van der Waals surface area contributed by atoms with Crippen molar-refractivity contribution in [2.45, 2.75) is 32.2 Å². The third kappa shape index (κ3) is 4.44. The molecule has 1 aromatic carbocycles. The number of aromatic nitrogens is 2. The Bertz CT molecular complexity index is 559. The second-order valence-corrected chi connectivity index (χ2v) is 4.94. The summed E-state index contributed by atoms with van der Waals surface area (Å²) in [5, 5.41) is 7.20. The second-order valence-electron chi connectivity index (χ2n) is 4.94. The zero-order valence-electron chi connectivity index (χ0n) is 12.8. The van der Waals surface area contributed by atoms with Gasteiger partial charge in [-0.15, -0.1) is 12.4 Å². The van der Waals surface area contributed by atoms with E-state index in [1.54, 1.807) is 7.11 Å². The number of nitrogens with zero attached hydrogens (tertiary/aromatic N) is 2. The number of nitrogens with one attached hydrogen (secondary N) is 1. The lowest BCUT2D eigenvalue weighted by atomic mass is 10.0. The maximum Gasteiger partial charge on any atom is 0.233 e. The molecule has 0 aliphatic carbocycles. The van der Waals surface area contributed by atoms with E-state index in [0.29, 0.717) is 11.9 Å². The molecule has 0 aliphatic heterocycles. The summed E-state index contributed by atoms with van der Waals surface area (Å²) in [6, 6.07) is 8.24. The Morgan fingerprint density at radius 1 is 1.33 bits per heavy atom. The van der Waals surface area contributed by atoms with Crippen LogP contribution in [-0.4, -0.2) is 30.3 Å². The molecule has 2 aromatic rings. The van der Waals surface area contributed by atoms with Crippen LogP contribution >= 0.6 is 12.4 Å². The number of likely N-dealkylation sites (N-methyl/N-ethyl adjacent to an activating group) is 1. The second kappa shape index (κ2) is 8.00. The van der Waals surface area contributed by atoms with Crippen molar-refractivity contribution in [1.82, 2.24) is 15.5 Å². The monoisotopic (exact) mass is 311 g/mol. The van der Waals surface area contributed by atoms with Gasteiger partial charge in [-0.2, -0.15) is 4.98 Å². The van der Waals surface area contributed by atoms with Crippen molar-refractivity contribution in [1.29, 1.82) is 0 Å². The van der Waals surface area contributed by atoms with Gasteiger partial charge >= 0.3 is 0 Å². The summed E-state index contributed by atoms with van der Waals surface area (Å²) in [7, 11) is 3.58. The number of rotatable bonds is 6. The summed E-state index contributed by atoms with van der Waals surface area (Å²) >= 11 is 0. The normalized spacial score (nSPS) is 13.3. The van der Waals surface area contributed by atoms with Crippen LogP contribution in [0.1, 0.15) is 37.0 Å². The average molecular weight is 312 g/mol. The zero-order chi connectivity index (χ0) is 14.5. The summed E-state index contributed by atoms with van der Waals surface area (Å²) in [5.41, 5.74) is 1.10. The largest absolute Gasteiger partial charge is 0.497 e. The molecule has 0 saturated carbocycles. The van der Waals surface area contributed by atoms with Crippen LogP contribution < -0.4 is 10.1 Å². The van der Waals surface area contributed by atoms with E-state index in [0.717, 1.165) is 23.6 Å². The molecule has 116 valence electrons. The van der Waals surface area contributed by atoms with Crippen LogP contribution in [0.4, 0.5) is 0 Å². The SMILES string of the molecule is CNC(C)Cc1noc(C(C)c2cccc(OC)c2)n1.Cl. The maximum atomic E-state index is 5.37. The van der Waals surface area contributed by atoms with Crippen LogP contribution in [0.25, 0.3) is 0 Å². The average Bonchev–Trinajstić information content (AvgIpc) is 2.94. The molecular formula is C15H22ClN3O2. The number of benzene rings is 1. The van der Waals surface area contributed by atoms with E-state index in [2.05, 4.69) is 22.4 Å². The van der Waals surface area contributed by atoms with E-state index in [1.165, 1.54) is 0 Å². The summed E-state index contributed by atoms with van der Waals surface area (Å²) in [6.45, 7) is 4.13. The van der Waals surface area contributed by atoms with Gasteiger partial charge in [-0.25, -0.2) is 0 Å². The predicted molar refractivity (Wildman–Crippen MR) is 84.3 cm³/mol. The van der Waals surface area contributed by atoms with E-state index in [9.17, 15) is 0 Å². The van der Waals surface area contributed by atoms with Crippen LogP contribution in [0.5, 0.6) is 5.75 Å². The van der Waals surface area contributed by atoms with Crippen molar-refractivity contribution >= 4 is 12.4 Å². The number of halogens is 1. The Morgan fingerprint density at radius 3 is 2.76 bits per heavy atom. The summed E-state index contributed by atoms with van der Waals surface area (Å²) in [6.07, 6.45) is 0.755. The van der Waals surface area contributed by atoms with Gasteiger partial charge in [-0.1, -0.05) is 17.3 Å². The predicted octanol–water partition coefficient (Wildman–Crippen LogP) is 2.80. The van der Waals surface area contributed by atoms with Crippen molar-refractivity contribution in [3.63, 3.8) is 0 Å². The fourth-order valence-corrected chi connectivity index (χ4v) is 1.96. The smallest absolute Gasteiger partial charge is 0.233 e. The first-order valence-electron chi connectivity index (χ1n) is 6.77. The van der Waals surface area contributed by atoms with Gasteiger partial charge in [0.05, 0.1) is 13.0 Å². The molecule has 2 atom stereocenters. The number of ether oxygens (including phenoxy) is 1. The fourth-order valence-electron chi connectivity index (χ4n) is 1.96. The third-order valence-electron chi connectivity index (χ3n) is 3.43. The van der Waals surface area contributed by atoms with Gasteiger partial charge in [0.1, 0.15) is 5.75 Å². The molecule has 0 saturated heterocycles. The molecule has 1 N–H and O–H groups in total. The zero-order valence-corrected chi connectivity index (χ0v) is 13.6. The van der Waals surface area contributed by atoms with Crippen molar-refractivity contribution < 1.29 is 9.26 Å². The minimum atomic E-state index is 0. The molecule has 2 rings (SSSR count). The van der Waals surface area contributed by atoms with E-state index >= 15 is 0 Å². The molecule has 2 unspecified atom stereocenters. The van der Waals surface area contributed by atoms with E-state index in [4.69, 9.17) is 9.26 Å². The Labute approximate surface area is 131 Å². The highest BCUT2D eigenvalue weighted by Crippen LogP contribution is 2.25. The molecule has 6 heteroatoms. The van der Waals surface area contributed by atoms with Gasteiger partial charge < -0.3 is 14.6 Å². The summed E-state index contributed by atoms with van der Waals surface area (Å²) < 4.78 is 10.6. The van der Waals surface area contributed by atoms with Gasteiger partial charge in [-0.05, 0) is 38.6 Å². The van der Waals surface area contributed by atoms with Crippen molar-refractivity contribution in [2.75, 3.05) is 14.2 Å². The number of hydrogen-bond acceptors (Lipinski definition) is 5. The third-order valence-corrected chi connectivity index (χ3v) is 3.43. The molecule has 0 spiro atoms. The van der Waals surface area contributed by atoms with Gasteiger partial charge in [-0.3, -0.25) is 0 Å². The van der Waals surface area contributed by atoms with Crippen LogP contribution in [0.2, 0.25) is 0 Å². The molecule has 0 radical (unpaired) electrons. The summed E-state index contributed by atoms with van der Waals surface area (Å²) in [5.74, 6) is 2.25. The minimum absolute atomic E-state index is 0. The molecule has 21 heavy (non-hydrogen) atoms. The highest BCUT2D eigenvalue weighted by molar-refractivity contribution is 5.85. The van der Waals surface area contributed by atoms with Crippen molar-refractivity contribution in [2.24, 2.45) is 0 Å². The van der Waals surface area contributed by atoms with Crippen LogP contribution in [0.15, 0.2) is 28.8 Å². The molecule has 0 amide bonds. The quantitative estimate of drug-likeness (QED) is 0.889. The van der Waals surface area contributed by atoms with E-state index < -0.39 is 0 Å². The molecule has 5 nitrogen and oxygen atoms in total. The molecule has 1 aromatic heterocycles. The summed E-state index contributed by atoms with van der Waals surface area (Å²) in [4.78, 5) is 4.47. The lowest BCUT2D eigenvalue weighted by Gasteiger charge is -2.08. The first-order valence-corrected chi connectivity index (χ1v) is 6.77. The van der Waals surface area contributed by atoms with Gasteiger partial charge in [0.2, 0.25) is 5.89 Å². The van der Waals surface area contributed by atoms with Crippen LogP contribution in [0.3, 0.4) is 0 Å². The highest BCUT2D eigenvalue weighted by atomic mass is 35.5. The van der Waals surface area contributed by atoms with Crippen molar-refractivity contribution in [3.05, 3.63) is 41.5 Å². The standard InChI is InChI=1S/C15H21N3O2.ClH/c1-10(16-3)8-14-17-15(20-18-14)11(2)12-6-5-7-13(9-12)19-4;/h5-7,9-11,16H,8H2,1-4H3;1H. The van der Waals surface area contributed by atoms with Crippen LogP contribution in [0, 0.1) is 0 Å². The highest BCUT2D eigenvalue weighted by Gasteiger charge is 2.17. The minimum Gasteiger partial charge on any atom is -0.497 e. The van der Waals surface area contributed by atoms with Gasteiger partial charge in [0.25, 0.3) is 0 Å². The van der Waals surface area contributed by atoms with E-state index in [1.807, 2.05) is 38.2 Å². The Kier molecular flexibility index (Phi) is 6.65. The first kappa shape index (κ1) is 17.5.